The summed E-state index contributed by atoms with van der Waals surface area (Å²) in [5.41, 5.74) is 0.857. The van der Waals surface area contributed by atoms with E-state index in [-0.39, 0.29) is 25.0 Å². The Bertz CT molecular complexity index is 832. The molecular formula is C19H27N7O4. The Morgan fingerprint density at radius 2 is 1.87 bits per heavy atom. The number of hydrogen-bond donors (Lipinski definition) is 1. The van der Waals surface area contributed by atoms with Gasteiger partial charge in [0, 0.05) is 32.7 Å². The third-order valence-electron chi connectivity index (χ3n) is 4.79. The van der Waals surface area contributed by atoms with Crippen molar-refractivity contribution in [3.05, 3.63) is 30.1 Å². The topological polar surface area (TPSA) is 115 Å². The van der Waals surface area contributed by atoms with E-state index >= 15 is 0 Å². The molecular weight excluding hydrogens is 390 g/mol. The molecule has 0 unspecified atom stereocenters. The van der Waals surface area contributed by atoms with Gasteiger partial charge in [0.05, 0.1) is 32.4 Å². The summed E-state index contributed by atoms with van der Waals surface area (Å²) in [6, 6.07) is 7.36. The molecule has 2 heterocycles. The fraction of sp³-hybridized carbons (Fsp3) is 0.526. The zero-order chi connectivity index (χ0) is 21.3. The Hall–Kier alpha value is -3.21. The standard InChI is InChI=1S/C19H27N7O4/c1-3-30-18(27)8-9-20-19(28)25-12-10-24(11-13-25)14-17-21-22-23-26(17)15-4-6-16(29-2)7-5-15/h4-7H,3,8-14H2,1-2H3,(H,20,28). The lowest BCUT2D eigenvalue weighted by atomic mass is 10.3. The highest BCUT2D eigenvalue weighted by Crippen LogP contribution is 2.16. The molecule has 1 aliphatic heterocycles. The number of tetrazole rings is 1. The van der Waals surface area contributed by atoms with E-state index in [0.29, 0.717) is 39.3 Å². The molecule has 11 heteroatoms. The molecule has 0 saturated carbocycles. The lowest BCUT2D eigenvalue weighted by molar-refractivity contribution is -0.142. The van der Waals surface area contributed by atoms with Crippen LogP contribution in [0, 0.1) is 0 Å². The molecule has 0 radical (unpaired) electrons. The summed E-state index contributed by atoms with van der Waals surface area (Å²) in [6.07, 6.45) is 0.174. The molecule has 1 N–H and O–H groups in total. The van der Waals surface area contributed by atoms with Gasteiger partial charge in [-0.3, -0.25) is 9.69 Å². The molecule has 2 aromatic rings. The quantitative estimate of drug-likeness (QED) is 0.616. The van der Waals surface area contributed by atoms with E-state index in [1.807, 2.05) is 24.3 Å². The number of urea groups is 1. The Morgan fingerprint density at radius 1 is 1.13 bits per heavy atom. The van der Waals surface area contributed by atoms with Gasteiger partial charge in [-0.1, -0.05) is 0 Å². The second kappa shape index (κ2) is 10.5. The summed E-state index contributed by atoms with van der Waals surface area (Å²) < 4.78 is 11.7. The van der Waals surface area contributed by atoms with Crippen LogP contribution < -0.4 is 10.1 Å². The molecule has 30 heavy (non-hydrogen) atoms. The summed E-state index contributed by atoms with van der Waals surface area (Å²) in [4.78, 5) is 27.5. The fourth-order valence-corrected chi connectivity index (χ4v) is 3.15. The predicted octanol–water partition coefficient (Wildman–Crippen LogP) is 0.451. The van der Waals surface area contributed by atoms with Crippen LogP contribution in [0.25, 0.3) is 5.69 Å². The van der Waals surface area contributed by atoms with E-state index in [2.05, 4.69) is 25.7 Å². The molecule has 0 bridgehead atoms. The molecule has 0 atom stereocenters. The number of methoxy groups -OCH3 is 1. The molecule has 1 aromatic carbocycles. The first-order valence-corrected chi connectivity index (χ1v) is 9.93. The number of esters is 1. The summed E-state index contributed by atoms with van der Waals surface area (Å²) in [6.45, 7) is 5.56. The minimum Gasteiger partial charge on any atom is -0.497 e. The summed E-state index contributed by atoms with van der Waals surface area (Å²) in [5.74, 6) is 1.19. The van der Waals surface area contributed by atoms with Crippen molar-refractivity contribution in [3.63, 3.8) is 0 Å². The molecule has 1 fully saturated rings. The highest BCUT2D eigenvalue weighted by molar-refractivity contribution is 5.75. The Kier molecular flexibility index (Phi) is 7.55. The van der Waals surface area contributed by atoms with E-state index in [9.17, 15) is 9.59 Å². The van der Waals surface area contributed by atoms with Gasteiger partial charge in [0.25, 0.3) is 0 Å². The molecule has 3 rings (SSSR count). The lowest BCUT2D eigenvalue weighted by Gasteiger charge is -2.34. The zero-order valence-corrected chi connectivity index (χ0v) is 17.3. The number of amides is 2. The van der Waals surface area contributed by atoms with E-state index in [0.717, 1.165) is 17.3 Å². The van der Waals surface area contributed by atoms with Crippen molar-refractivity contribution < 1.29 is 19.1 Å². The van der Waals surface area contributed by atoms with Crippen LogP contribution in [0.2, 0.25) is 0 Å². The van der Waals surface area contributed by atoms with Crippen LogP contribution in [0.1, 0.15) is 19.2 Å². The molecule has 162 valence electrons. The van der Waals surface area contributed by atoms with Crippen LogP contribution in [-0.2, 0) is 16.1 Å². The number of rotatable bonds is 8. The number of nitrogens with one attached hydrogen (secondary N) is 1. The summed E-state index contributed by atoms with van der Waals surface area (Å²) in [7, 11) is 1.62. The molecule has 1 aromatic heterocycles. The normalized spacial score (nSPS) is 14.4. The Morgan fingerprint density at radius 3 is 2.53 bits per heavy atom. The highest BCUT2D eigenvalue weighted by Gasteiger charge is 2.22. The van der Waals surface area contributed by atoms with Crippen molar-refractivity contribution in [2.75, 3.05) is 46.4 Å². The minimum absolute atomic E-state index is 0.165. The van der Waals surface area contributed by atoms with Crippen molar-refractivity contribution >= 4 is 12.0 Å². The SMILES string of the molecule is CCOC(=O)CCNC(=O)N1CCN(Cc2nnnn2-c2ccc(OC)cc2)CC1. The van der Waals surface area contributed by atoms with Crippen LogP contribution in [0.5, 0.6) is 5.75 Å². The van der Waals surface area contributed by atoms with Gasteiger partial charge in [0.15, 0.2) is 5.82 Å². The Labute approximate surface area is 174 Å². The van der Waals surface area contributed by atoms with Crippen molar-refractivity contribution in [2.24, 2.45) is 0 Å². The number of aromatic nitrogens is 4. The second-order valence-corrected chi connectivity index (χ2v) is 6.76. The van der Waals surface area contributed by atoms with Gasteiger partial charge in [-0.25, -0.2) is 4.79 Å². The molecule has 2 amide bonds. The maximum atomic E-state index is 12.3. The van der Waals surface area contributed by atoms with E-state index < -0.39 is 0 Å². The first-order valence-electron chi connectivity index (χ1n) is 9.93. The van der Waals surface area contributed by atoms with Crippen LogP contribution in [0.15, 0.2) is 24.3 Å². The van der Waals surface area contributed by atoms with E-state index in [1.165, 1.54) is 0 Å². The van der Waals surface area contributed by atoms with Crippen LogP contribution in [0.3, 0.4) is 0 Å². The van der Waals surface area contributed by atoms with Crippen LogP contribution in [-0.4, -0.2) is 88.4 Å². The average molecular weight is 417 g/mol. The van der Waals surface area contributed by atoms with Crippen molar-refractivity contribution in [2.45, 2.75) is 19.9 Å². The molecule has 0 spiro atoms. The molecule has 1 saturated heterocycles. The molecule has 1 aliphatic rings. The van der Waals surface area contributed by atoms with Crippen molar-refractivity contribution in [1.29, 1.82) is 0 Å². The van der Waals surface area contributed by atoms with E-state index in [1.54, 1.807) is 23.6 Å². The van der Waals surface area contributed by atoms with Gasteiger partial charge in [0.1, 0.15) is 5.75 Å². The largest absolute Gasteiger partial charge is 0.497 e. The molecule has 11 nitrogen and oxygen atoms in total. The Balaban J connectivity index is 1.47. The number of carbonyl (C=O) groups excluding carboxylic acids is 2. The smallest absolute Gasteiger partial charge is 0.317 e. The fourth-order valence-electron chi connectivity index (χ4n) is 3.15. The molecule has 0 aliphatic carbocycles. The van der Waals surface area contributed by atoms with Crippen LogP contribution >= 0.6 is 0 Å². The highest BCUT2D eigenvalue weighted by atomic mass is 16.5. The summed E-state index contributed by atoms with van der Waals surface area (Å²) >= 11 is 0. The van der Waals surface area contributed by atoms with Gasteiger partial charge in [-0.15, -0.1) is 5.10 Å². The zero-order valence-electron chi connectivity index (χ0n) is 17.3. The van der Waals surface area contributed by atoms with E-state index in [4.69, 9.17) is 9.47 Å². The number of nitrogens with zero attached hydrogens (tertiary/aromatic N) is 6. The lowest BCUT2D eigenvalue weighted by Crippen LogP contribution is -2.51. The first kappa shape index (κ1) is 21.5. The number of ether oxygens (including phenoxy) is 2. The predicted molar refractivity (Wildman–Crippen MR) is 107 cm³/mol. The third kappa shape index (κ3) is 5.66. The van der Waals surface area contributed by atoms with Crippen molar-refractivity contribution in [3.8, 4) is 11.4 Å². The van der Waals surface area contributed by atoms with Gasteiger partial charge in [0.2, 0.25) is 0 Å². The maximum absolute atomic E-state index is 12.3. The first-order chi connectivity index (χ1) is 14.6. The van der Waals surface area contributed by atoms with Gasteiger partial charge < -0.3 is 19.7 Å². The number of hydrogen-bond acceptors (Lipinski definition) is 8. The average Bonchev–Trinajstić information content (AvgIpc) is 3.22. The number of benzene rings is 1. The second-order valence-electron chi connectivity index (χ2n) is 6.76. The van der Waals surface area contributed by atoms with Gasteiger partial charge in [-0.05, 0) is 41.6 Å². The van der Waals surface area contributed by atoms with Gasteiger partial charge >= 0.3 is 12.0 Å². The number of piperazine rings is 1. The van der Waals surface area contributed by atoms with Crippen LogP contribution in [0.4, 0.5) is 4.79 Å². The number of carbonyl (C=O) groups is 2. The summed E-state index contributed by atoms with van der Waals surface area (Å²) in [5, 5.41) is 14.8. The third-order valence-corrected chi connectivity index (χ3v) is 4.79. The maximum Gasteiger partial charge on any atom is 0.317 e. The monoisotopic (exact) mass is 417 g/mol. The van der Waals surface area contributed by atoms with Crippen molar-refractivity contribution in [1.82, 2.24) is 35.3 Å². The van der Waals surface area contributed by atoms with Gasteiger partial charge in [-0.2, -0.15) is 4.68 Å². The minimum atomic E-state index is -0.308.